The van der Waals surface area contributed by atoms with Crippen molar-refractivity contribution in [2.75, 3.05) is 13.9 Å². The predicted molar refractivity (Wildman–Crippen MR) is 71.8 cm³/mol. The van der Waals surface area contributed by atoms with Crippen LogP contribution in [0.5, 0.6) is 5.75 Å². The van der Waals surface area contributed by atoms with Crippen molar-refractivity contribution in [1.82, 2.24) is 15.2 Å². The van der Waals surface area contributed by atoms with Crippen LogP contribution in [-0.4, -0.2) is 29.1 Å². The number of nitrogens with zero attached hydrogens (tertiary/aromatic N) is 2. The smallest absolute Gasteiger partial charge is 0.188 e. The molecule has 1 aromatic carbocycles. The van der Waals surface area contributed by atoms with Crippen LogP contribution in [0.2, 0.25) is 0 Å². The van der Waals surface area contributed by atoms with Gasteiger partial charge in [-0.2, -0.15) is 0 Å². The fraction of sp³-hybridized carbons (Fsp3) is 0.143. The van der Waals surface area contributed by atoms with Crippen LogP contribution in [0.3, 0.4) is 0 Å². The maximum Gasteiger partial charge on any atom is 0.188 e. The lowest BCUT2D eigenvalue weighted by Crippen LogP contribution is -2.00. The first-order valence-corrected chi connectivity index (χ1v) is 5.90. The van der Waals surface area contributed by atoms with Gasteiger partial charge < -0.3 is 14.5 Å². The molecule has 0 bridgehead atoms. The van der Waals surface area contributed by atoms with Gasteiger partial charge in [0.05, 0.1) is 11.2 Å². The highest BCUT2D eigenvalue weighted by Crippen LogP contribution is 2.29. The largest absolute Gasteiger partial charge is 0.467 e. The van der Waals surface area contributed by atoms with Gasteiger partial charge in [0.1, 0.15) is 11.3 Å². The fourth-order valence-corrected chi connectivity index (χ4v) is 1.91. The Morgan fingerprint density at radius 1 is 1.16 bits per heavy atom. The van der Waals surface area contributed by atoms with Crippen LogP contribution >= 0.6 is 0 Å². The van der Waals surface area contributed by atoms with Gasteiger partial charge in [-0.25, -0.2) is 0 Å². The van der Waals surface area contributed by atoms with Gasteiger partial charge in [-0.15, -0.1) is 10.2 Å². The molecular weight excluding hydrogens is 242 g/mol. The number of methoxy groups -OCH3 is 1. The van der Waals surface area contributed by atoms with Gasteiger partial charge in [0, 0.05) is 18.9 Å². The van der Waals surface area contributed by atoms with Crippen molar-refractivity contribution in [3.05, 3.63) is 42.6 Å². The van der Waals surface area contributed by atoms with Crippen LogP contribution in [0.1, 0.15) is 0 Å². The highest BCUT2D eigenvalue weighted by Gasteiger charge is 2.09. The van der Waals surface area contributed by atoms with Crippen LogP contribution < -0.4 is 4.74 Å². The van der Waals surface area contributed by atoms with Crippen molar-refractivity contribution < 1.29 is 9.47 Å². The van der Waals surface area contributed by atoms with Crippen molar-refractivity contribution in [2.24, 2.45) is 0 Å². The molecule has 5 nitrogen and oxygen atoms in total. The summed E-state index contributed by atoms with van der Waals surface area (Å²) >= 11 is 0. The minimum Gasteiger partial charge on any atom is -0.467 e. The zero-order chi connectivity index (χ0) is 13.1. The van der Waals surface area contributed by atoms with Gasteiger partial charge in [-0.3, -0.25) is 0 Å². The number of para-hydroxylation sites is 1. The molecule has 0 aliphatic heterocycles. The second-order valence-corrected chi connectivity index (χ2v) is 4.05. The quantitative estimate of drug-likeness (QED) is 0.728. The average molecular weight is 255 g/mol. The van der Waals surface area contributed by atoms with Crippen LogP contribution in [0, 0.1) is 0 Å². The third-order valence-corrected chi connectivity index (χ3v) is 2.80. The van der Waals surface area contributed by atoms with E-state index in [-0.39, 0.29) is 6.79 Å². The normalized spacial score (nSPS) is 10.8. The van der Waals surface area contributed by atoms with Gasteiger partial charge >= 0.3 is 0 Å². The third-order valence-electron chi connectivity index (χ3n) is 2.80. The van der Waals surface area contributed by atoms with Gasteiger partial charge in [0.15, 0.2) is 6.79 Å². The lowest BCUT2D eigenvalue weighted by atomic mass is 10.1. The average Bonchev–Trinajstić information content (AvgIpc) is 2.92. The fourth-order valence-electron chi connectivity index (χ4n) is 1.91. The zero-order valence-corrected chi connectivity index (χ0v) is 10.5. The van der Waals surface area contributed by atoms with E-state index >= 15 is 0 Å². The Morgan fingerprint density at radius 3 is 2.95 bits per heavy atom. The summed E-state index contributed by atoms with van der Waals surface area (Å²) in [5.41, 5.74) is 3.45. The monoisotopic (exact) mass is 255 g/mol. The maximum atomic E-state index is 5.53. The molecule has 0 saturated heterocycles. The predicted octanol–water partition coefficient (Wildman–Crippen LogP) is 2.61. The molecule has 0 spiro atoms. The molecular formula is C14H13N3O2. The number of rotatable bonds is 4. The summed E-state index contributed by atoms with van der Waals surface area (Å²) in [6, 6.07) is 11.5. The first-order chi connectivity index (χ1) is 9.38. The van der Waals surface area contributed by atoms with E-state index < -0.39 is 0 Å². The van der Waals surface area contributed by atoms with Crippen LogP contribution in [-0.2, 0) is 4.74 Å². The molecule has 0 radical (unpaired) electrons. The first kappa shape index (κ1) is 11.7. The van der Waals surface area contributed by atoms with Gasteiger partial charge in [-0.05, 0) is 24.3 Å². The van der Waals surface area contributed by atoms with E-state index in [2.05, 4.69) is 15.2 Å². The molecule has 0 saturated carbocycles. The van der Waals surface area contributed by atoms with Crippen molar-refractivity contribution in [1.29, 1.82) is 0 Å². The minimum absolute atomic E-state index is 0.204. The van der Waals surface area contributed by atoms with E-state index in [9.17, 15) is 0 Å². The van der Waals surface area contributed by atoms with Gasteiger partial charge in [-0.1, -0.05) is 12.1 Å². The summed E-state index contributed by atoms with van der Waals surface area (Å²) in [6.45, 7) is 0.204. The molecule has 19 heavy (non-hydrogen) atoms. The summed E-state index contributed by atoms with van der Waals surface area (Å²) in [5.74, 6) is 0.726. The van der Waals surface area contributed by atoms with Crippen LogP contribution in [0.25, 0.3) is 22.3 Å². The number of aromatic nitrogens is 3. The molecule has 3 rings (SSSR count). The number of hydrogen-bond acceptors (Lipinski definition) is 4. The van der Waals surface area contributed by atoms with Gasteiger partial charge in [0.25, 0.3) is 0 Å². The van der Waals surface area contributed by atoms with E-state index in [1.54, 1.807) is 7.11 Å². The summed E-state index contributed by atoms with van der Waals surface area (Å²) in [4.78, 5) is 3.12. The highest BCUT2D eigenvalue weighted by molar-refractivity contribution is 5.80. The van der Waals surface area contributed by atoms with Crippen molar-refractivity contribution >= 4 is 11.0 Å². The number of fused-ring (bicyclic) bond motifs is 1. The summed E-state index contributed by atoms with van der Waals surface area (Å²) in [5, 5.41) is 8.40. The third kappa shape index (κ3) is 2.28. The zero-order valence-electron chi connectivity index (χ0n) is 10.5. The molecule has 0 atom stereocenters. The second-order valence-electron chi connectivity index (χ2n) is 4.05. The molecule has 2 heterocycles. The molecule has 0 aliphatic carbocycles. The number of hydrogen-bond donors (Lipinski definition) is 1. The minimum atomic E-state index is 0.204. The summed E-state index contributed by atoms with van der Waals surface area (Å²) in [6.07, 6.45) is 1.84. The van der Waals surface area contributed by atoms with E-state index in [4.69, 9.17) is 9.47 Å². The van der Waals surface area contributed by atoms with Crippen molar-refractivity contribution in [3.63, 3.8) is 0 Å². The van der Waals surface area contributed by atoms with Crippen LogP contribution in [0.15, 0.2) is 42.6 Å². The molecule has 0 amide bonds. The van der Waals surface area contributed by atoms with E-state index in [1.165, 1.54) is 0 Å². The Labute approximate surface area is 110 Å². The van der Waals surface area contributed by atoms with Gasteiger partial charge in [0.2, 0.25) is 0 Å². The number of nitrogens with one attached hydrogen (secondary N) is 1. The summed E-state index contributed by atoms with van der Waals surface area (Å²) < 4.78 is 10.5. The molecule has 5 heteroatoms. The molecule has 1 N–H and O–H groups in total. The van der Waals surface area contributed by atoms with Crippen molar-refractivity contribution in [3.8, 4) is 17.0 Å². The number of ether oxygens (including phenoxy) is 2. The Morgan fingerprint density at radius 2 is 2.05 bits per heavy atom. The molecule has 3 aromatic rings. The molecule has 2 aromatic heterocycles. The highest BCUT2D eigenvalue weighted by atomic mass is 16.7. The SMILES string of the molecule is COCOc1ccccc1-c1cc2[nH]ccc2nn1. The topological polar surface area (TPSA) is 60.0 Å². The Bertz CT molecular complexity index is 694. The number of H-pyrrole nitrogens is 1. The Balaban J connectivity index is 2.04. The maximum absolute atomic E-state index is 5.53. The standard InChI is InChI=1S/C14H13N3O2/c1-18-9-19-14-5-3-2-4-10(14)12-8-13-11(16-17-12)6-7-15-13/h2-8,15H,9H2,1H3. The van der Waals surface area contributed by atoms with Crippen molar-refractivity contribution in [2.45, 2.75) is 0 Å². The second kappa shape index (κ2) is 5.07. The lowest BCUT2D eigenvalue weighted by molar-refractivity contribution is 0.0515. The molecule has 96 valence electrons. The number of benzene rings is 1. The molecule has 0 unspecified atom stereocenters. The Hall–Kier alpha value is -2.40. The number of aromatic amines is 1. The van der Waals surface area contributed by atoms with E-state index in [1.807, 2.05) is 42.6 Å². The molecule has 0 fully saturated rings. The lowest BCUT2D eigenvalue weighted by Gasteiger charge is -2.09. The summed E-state index contributed by atoms with van der Waals surface area (Å²) in [7, 11) is 1.59. The molecule has 0 aliphatic rings. The van der Waals surface area contributed by atoms with E-state index in [0.717, 1.165) is 28.0 Å². The van der Waals surface area contributed by atoms with Crippen LogP contribution in [0.4, 0.5) is 0 Å². The first-order valence-electron chi connectivity index (χ1n) is 5.90. The Kier molecular flexibility index (Phi) is 3.12. The van der Waals surface area contributed by atoms with E-state index in [0.29, 0.717) is 0 Å².